The molecule has 0 saturated carbocycles. The fourth-order valence-electron chi connectivity index (χ4n) is 3.97. The fourth-order valence-corrected chi connectivity index (χ4v) is 3.97. The molecule has 0 aliphatic carbocycles. The van der Waals surface area contributed by atoms with E-state index in [1.165, 1.54) is 12.1 Å². The smallest absolute Gasteiger partial charge is 0.252 e. The van der Waals surface area contributed by atoms with E-state index in [2.05, 4.69) is 0 Å². The van der Waals surface area contributed by atoms with Crippen molar-refractivity contribution < 1.29 is 13.9 Å². The van der Waals surface area contributed by atoms with Crippen LogP contribution < -0.4 is 0 Å². The molecule has 1 aromatic carbocycles. The number of hydrogen-bond donors (Lipinski definition) is 0. The summed E-state index contributed by atoms with van der Waals surface area (Å²) < 4.78 is 18.8. The van der Waals surface area contributed by atoms with Gasteiger partial charge in [0.1, 0.15) is 11.9 Å². The number of carbonyl (C=O) groups excluding carboxylic acids is 1. The molecule has 0 bridgehead atoms. The van der Waals surface area contributed by atoms with E-state index >= 15 is 0 Å². The molecule has 2 aliphatic rings. The number of nitrogens with zero attached hydrogens (tertiary/aromatic N) is 2. The van der Waals surface area contributed by atoms with Gasteiger partial charge in [-0.3, -0.25) is 9.78 Å². The zero-order valence-corrected chi connectivity index (χ0v) is 15.0. The van der Waals surface area contributed by atoms with Crippen LogP contribution in [0.2, 0.25) is 0 Å². The first-order valence-corrected chi connectivity index (χ1v) is 9.28. The van der Waals surface area contributed by atoms with Crippen LogP contribution in [0, 0.1) is 12.7 Å². The number of likely N-dealkylation sites (tertiary alicyclic amines) is 1. The monoisotopic (exact) mass is 354 g/mol. The van der Waals surface area contributed by atoms with E-state index in [4.69, 9.17) is 9.72 Å². The van der Waals surface area contributed by atoms with Crippen molar-refractivity contribution in [2.45, 2.75) is 44.8 Å². The zero-order chi connectivity index (χ0) is 18.1. The van der Waals surface area contributed by atoms with E-state index in [0.717, 1.165) is 54.7 Å². The molecule has 2 saturated heterocycles. The normalized spacial score (nSPS) is 22.8. The van der Waals surface area contributed by atoms with Gasteiger partial charge in [-0.2, -0.15) is 0 Å². The molecule has 2 aromatic rings. The molecular weight excluding hydrogens is 331 g/mol. The number of ether oxygens (including phenoxy) is 1. The van der Waals surface area contributed by atoms with Crippen molar-refractivity contribution in [3.63, 3.8) is 0 Å². The molecule has 26 heavy (non-hydrogen) atoms. The standard InChI is InChI=1S/C21H23FN2O2/c1-14-12-16(15-6-8-17(22)9-7-15)13-18(23-14)19-4-2-10-24(19)21(25)20-5-3-11-26-20/h6-9,12-13,19-20H,2-5,10-11H2,1H3. The molecule has 0 radical (unpaired) electrons. The zero-order valence-electron chi connectivity index (χ0n) is 15.0. The number of hydrogen-bond acceptors (Lipinski definition) is 3. The van der Waals surface area contributed by atoms with Crippen molar-refractivity contribution in [3.05, 3.63) is 53.6 Å². The number of halogens is 1. The van der Waals surface area contributed by atoms with E-state index < -0.39 is 0 Å². The van der Waals surface area contributed by atoms with E-state index in [1.807, 2.05) is 24.0 Å². The van der Waals surface area contributed by atoms with E-state index in [9.17, 15) is 9.18 Å². The van der Waals surface area contributed by atoms with Gasteiger partial charge in [0.2, 0.25) is 0 Å². The molecule has 2 atom stereocenters. The summed E-state index contributed by atoms with van der Waals surface area (Å²) in [5.74, 6) is -0.152. The predicted molar refractivity (Wildman–Crippen MR) is 97.0 cm³/mol. The summed E-state index contributed by atoms with van der Waals surface area (Å²) in [6, 6.07) is 10.5. The highest BCUT2D eigenvalue weighted by Crippen LogP contribution is 2.34. The molecule has 2 unspecified atom stereocenters. The van der Waals surface area contributed by atoms with Crippen LogP contribution in [-0.2, 0) is 9.53 Å². The summed E-state index contributed by atoms with van der Waals surface area (Å²) >= 11 is 0. The van der Waals surface area contributed by atoms with Crippen LogP contribution in [0.25, 0.3) is 11.1 Å². The SMILES string of the molecule is Cc1cc(-c2ccc(F)cc2)cc(C2CCCN2C(=O)C2CCCO2)n1. The summed E-state index contributed by atoms with van der Waals surface area (Å²) in [5, 5.41) is 0. The molecule has 0 spiro atoms. The van der Waals surface area contributed by atoms with Gasteiger partial charge in [-0.1, -0.05) is 12.1 Å². The molecule has 2 fully saturated rings. The summed E-state index contributed by atoms with van der Waals surface area (Å²) in [6.07, 6.45) is 3.36. The minimum atomic E-state index is -0.294. The highest BCUT2D eigenvalue weighted by molar-refractivity contribution is 5.82. The van der Waals surface area contributed by atoms with Crippen molar-refractivity contribution in [2.24, 2.45) is 0 Å². The Labute approximate surface area is 153 Å². The van der Waals surface area contributed by atoms with Crippen molar-refractivity contribution in [1.82, 2.24) is 9.88 Å². The minimum Gasteiger partial charge on any atom is -0.368 e. The van der Waals surface area contributed by atoms with Crippen molar-refractivity contribution in [3.8, 4) is 11.1 Å². The Hall–Kier alpha value is -2.27. The van der Waals surface area contributed by atoms with Crippen LogP contribution in [0.1, 0.15) is 43.1 Å². The maximum Gasteiger partial charge on any atom is 0.252 e. The number of rotatable bonds is 3. The molecule has 3 heterocycles. The second kappa shape index (κ2) is 7.16. The molecule has 1 aromatic heterocycles. The van der Waals surface area contributed by atoms with Gasteiger partial charge in [0.25, 0.3) is 5.91 Å². The Morgan fingerprint density at radius 2 is 1.96 bits per heavy atom. The lowest BCUT2D eigenvalue weighted by Gasteiger charge is -2.27. The number of aryl methyl sites for hydroxylation is 1. The molecule has 4 rings (SSSR count). The average molecular weight is 354 g/mol. The minimum absolute atomic E-state index is 0.00852. The van der Waals surface area contributed by atoms with Gasteiger partial charge in [-0.25, -0.2) is 4.39 Å². The Bertz CT molecular complexity index is 800. The Kier molecular flexibility index (Phi) is 4.72. The molecule has 2 aliphatic heterocycles. The Morgan fingerprint density at radius 3 is 2.69 bits per heavy atom. The van der Waals surface area contributed by atoms with Crippen LogP contribution >= 0.6 is 0 Å². The molecule has 136 valence electrons. The first kappa shape index (κ1) is 17.2. The fraction of sp³-hybridized carbons (Fsp3) is 0.429. The third-order valence-electron chi connectivity index (χ3n) is 5.23. The van der Waals surface area contributed by atoms with Gasteiger partial charge in [0.05, 0.1) is 11.7 Å². The van der Waals surface area contributed by atoms with Gasteiger partial charge < -0.3 is 9.64 Å². The van der Waals surface area contributed by atoms with E-state index in [1.54, 1.807) is 12.1 Å². The maximum atomic E-state index is 13.2. The maximum absolute atomic E-state index is 13.2. The predicted octanol–water partition coefficient (Wildman–Crippen LogP) is 4.04. The highest BCUT2D eigenvalue weighted by atomic mass is 19.1. The molecule has 4 nitrogen and oxygen atoms in total. The highest BCUT2D eigenvalue weighted by Gasteiger charge is 2.36. The van der Waals surface area contributed by atoms with Gasteiger partial charge in [0, 0.05) is 18.8 Å². The van der Waals surface area contributed by atoms with Crippen LogP contribution in [0.5, 0.6) is 0 Å². The van der Waals surface area contributed by atoms with E-state index in [-0.39, 0.29) is 23.9 Å². The summed E-state index contributed by atoms with van der Waals surface area (Å²) in [4.78, 5) is 19.5. The summed E-state index contributed by atoms with van der Waals surface area (Å²) in [6.45, 7) is 3.38. The third-order valence-corrected chi connectivity index (χ3v) is 5.23. The summed E-state index contributed by atoms with van der Waals surface area (Å²) in [7, 11) is 0. The van der Waals surface area contributed by atoms with Gasteiger partial charge >= 0.3 is 0 Å². The molecular formula is C21H23FN2O2. The lowest BCUT2D eigenvalue weighted by Crippen LogP contribution is -2.38. The van der Waals surface area contributed by atoms with Crippen LogP contribution in [0.15, 0.2) is 36.4 Å². The molecule has 5 heteroatoms. The lowest BCUT2D eigenvalue weighted by atomic mass is 10.0. The van der Waals surface area contributed by atoms with Crippen molar-refractivity contribution in [2.75, 3.05) is 13.2 Å². The van der Waals surface area contributed by atoms with Crippen molar-refractivity contribution in [1.29, 1.82) is 0 Å². The lowest BCUT2D eigenvalue weighted by molar-refractivity contribution is -0.142. The number of carbonyl (C=O) groups is 1. The largest absolute Gasteiger partial charge is 0.368 e. The number of aromatic nitrogens is 1. The van der Waals surface area contributed by atoms with Gasteiger partial charge in [-0.05, 0) is 68.0 Å². The van der Waals surface area contributed by atoms with Gasteiger partial charge in [-0.15, -0.1) is 0 Å². The van der Waals surface area contributed by atoms with Crippen LogP contribution in [-0.4, -0.2) is 35.0 Å². The Morgan fingerprint density at radius 1 is 1.15 bits per heavy atom. The number of benzene rings is 1. The average Bonchev–Trinajstić information content (AvgIpc) is 3.33. The van der Waals surface area contributed by atoms with Crippen molar-refractivity contribution >= 4 is 5.91 Å². The first-order valence-electron chi connectivity index (χ1n) is 9.28. The van der Waals surface area contributed by atoms with Crippen LogP contribution in [0.4, 0.5) is 4.39 Å². The summed E-state index contributed by atoms with van der Waals surface area (Å²) in [5.41, 5.74) is 3.77. The molecule has 0 N–H and O–H groups in total. The number of pyridine rings is 1. The van der Waals surface area contributed by atoms with Crippen LogP contribution in [0.3, 0.4) is 0 Å². The second-order valence-corrected chi connectivity index (χ2v) is 7.12. The van der Waals surface area contributed by atoms with Gasteiger partial charge in [0.15, 0.2) is 0 Å². The topological polar surface area (TPSA) is 42.4 Å². The van der Waals surface area contributed by atoms with E-state index in [0.29, 0.717) is 6.61 Å². The third kappa shape index (κ3) is 3.36. The number of amides is 1. The second-order valence-electron chi connectivity index (χ2n) is 7.12. The quantitative estimate of drug-likeness (QED) is 0.835. The first-order chi connectivity index (χ1) is 12.6. The molecule has 1 amide bonds. The Balaban J connectivity index is 1.63.